The maximum Gasteiger partial charge on any atom is 0.419 e. The molecule has 2 aromatic heterocycles. The highest BCUT2D eigenvalue weighted by Crippen LogP contribution is 2.19. The van der Waals surface area contributed by atoms with Crippen molar-refractivity contribution in [2.45, 2.75) is 72.5 Å². The molecule has 0 spiro atoms. The lowest BCUT2D eigenvalue weighted by atomic mass is 10.1. The zero-order valence-corrected chi connectivity index (χ0v) is 22.3. The number of imidazole rings is 1. The Balaban J connectivity index is 2.18. The first kappa shape index (κ1) is 28.5. The lowest BCUT2D eigenvalue weighted by molar-refractivity contribution is -0.133. The molecule has 0 aliphatic rings. The summed E-state index contributed by atoms with van der Waals surface area (Å²) in [5.74, 6) is 0.122. The van der Waals surface area contributed by atoms with Gasteiger partial charge in [0.25, 0.3) is 0 Å². The first-order valence-corrected chi connectivity index (χ1v) is 11.7. The molecule has 2 heterocycles. The Hall–Kier alpha value is -3.69. The van der Waals surface area contributed by atoms with Crippen molar-refractivity contribution < 1.29 is 28.6 Å². The molecule has 10 heteroatoms. The first-order chi connectivity index (χ1) is 16.7. The molecule has 2 aromatic rings. The minimum absolute atomic E-state index is 0.0381. The molecule has 0 bridgehead atoms. The summed E-state index contributed by atoms with van der Waals surface area (Å²) in [5.41, 5.74) is 0.172. The van der Waals surface area contributed by atoms with Crippen LogP contribution in [0, 0.1) is 6.92 Å². The predicted molar refractivity (Wildman–Crippen MR) is 134 cm³/mol. The fourth-order valence-electron chi connectivity index (χ4n) is 3.04. The standard InChI is InChI=1S/C26H36N4O6/c1-18-12-13-27-21(15-18)29-16-20(28-17-29)19(22(31)34-8)11-9-10-14-30(23(32)35-25(2,3)4)24(33)36-26(5,6)7/h11-13,15-17H,9-10,14H2,1-8H3. The van der Waals surface area contributed by atoms with Gasteiger partial charge in [-0.2, -0.15) is 0 Å². The molecule has 2 rings (SSSR count). The Bertz CT molecular complexity index is 1080. The van der Waals surface area contributed by atoms with Crippen LogP contribution >= 0.6 is 0 Å². The number of amides is 2. The Morgan fingerprint density at radius 1 is 1.03 bits per heavy atom. The molecule has 0 aromatic carbocycles. The maximum atomic E-state index is 12.6. The van der Waals surface area contributed by atoms with Gasteiger partial charge in [-0.1, -0.05) is 6.08 Å². The average Bonchev–Trinajstić information content (AvgIpc) is 3.23. The molecule has 0 radical (unpaired) electrons. The van der Waals surface area contributed by atoms with Crippen LogP contribution in [0.5, 0.6) is 0 Å². The molecule has 0 atom stereocenters. The van der Waals surface area contributed by atoms with Crippen LogP contribution in [0.1, 0.15) is 65.6 Å². The van der Waals surface area contributed by atoms with Crippen LogP contribution in [-0.4, -0.2) is 62.4 Å². The summed E-state index contributed by atoms with van der Waals surface area (Å²) in [5, 5.41) is 0. The molecule has 36 heavy (non-hydrogen) atoms. The number of ether oxygens (including phenoxy) is 3. The molecule has 0 aliphatic heterocycles. The fourth-order valence-corrected chi connectivity index (χ4v) is 3.04. The van der Waals surface area contributed by atoms with Gasteiger partial charge in [-0.3, -0.25) is 4.57 Å². The van der Waals surface area contributed by atoms with Crippen molar-refractivity contribution in [2.24, 2.45) is 0 Å². The molecular weight excluding hydrogens is 464 g/mol. The molecule has 10 nitrogen and oxygen atoms in total. The number of aromatic nitrogens is 3. The summed E-state index contributed by atoms with van der Waals surface area (Å²) in [7, 11) is 1.29. The van der Waals surface area contributed by atoms with Gasteiger partial charge in [-0.15, -0.1) is 0 Å². The van der Waals surface area contributed by atoms with E-state index in [-0.39, 0.29) is 12.1 Å². The van der Waals surface area contributed by atoms with Crippen molar-refractivity contribution in [3.05, 3.63) is 48.2 Å². The molecule has 196 valence electrons. The monoisotopic (exact) mass is 500 g/mol. The van der Waals surface area contributed by atoms with E-state index in [0.717, 1.165) is 10.5 Å². The number of esters is 1. The van der Waals surface area contributed by atoms with Crippen molar-refractivity contribution in [3.63, 3.8) is 0 Å². The summed E-state index contributed by atoms with van der Waals surface area (Å²) in [4.78, 5) is 47.3. The fraction of sp³-hybridized carbons (Fsp3) is 0.500. The Morgan fingerprint density at radius 3 is 2.17 bits per heavy atom. The highest BCUT2D eigenvalue weighted by atomic mass is 16.6. The van der Waals surface area contributed by atoms with Crippen molar-refractivity contribution in [3.8, 4) is 5.82 Å². The summed E-state index contributed by atoms with van der Waals surface area (Å²) >= 11 is 0. The third kappa shape index (κ3) is 8.83. The van der Waals surface area contributed by atoms with Crippen molar-refractivity contribution in [1.82, 2.24) is 19.4 Å². The molecule has 0 N–H and O–H groups in total. The van der Waals surface area contributed by atoms with Crippen molar-refractivity contribution in [2.75, 3.05) is 13.7 Å². The van der Waals surface area contributed by atoms with E-state index in [0.29, 0.717) is 24.4 Å². The Morgan fingerprint density at radius 2 is 1.64 bits per heavy atom. The third-order valence-corrected chi connectivity index (χ3v) is 4.59. The number of methoxy groups -OCH3 is 1. The molecule has 0 unspecified atom stereocenters. The van der Waals surface area contributed by atoms with Crippen molar-refractivity contribution in [1.29, 1.82) is 0 Å². The quantitative estimate of drug-likeness (QED) is 0.224. The number of carbonyl (C=O) groups is 3. The topological polar surface area (TPSA) is 113 Å². The molecule has 2 amide bonds. The van der Waals surface area contributed by atoms with E-state index < -0.39 is 29.4 Å². The zero-order chi connectivity index (χ0) is 27.1. The highest BCUT2D eigenvalue weighted by molar-refractivity contribution is 6.15. The third-order valence-electron chi connectivity index (χ3n) is 4.59. The largest absolute Gasteiger partial charge is 0.465 e. The molecule has 0 aliphatic carbocycles. The van der Waals surface area contributed by atoms with Gasteiger partial charge in [-0.25, -0.2) is 29.3 Å². The minimum atomic E-state index is -0.793. The second-order valence-corrected chi connectivity index (χ2v) is 10.2. The lowest BCUT2D eigenvalue weighted by Crippen LogP contribution is -2.44. The van der Waals surface area contributed by atoms with E-state index >= 15 is 0 Å². The number of pyridine rings is 1. The normalized spacial score (nSPS) is 12.2. The molecule has 0 saturated carbocycles. The van der Waals surface area contributed by atoms with Crippen LogP contribution < -0.4 is 0 Å². The Labute approximate surface area is 212 Å². The summed E-state index contributed by atoms with van der Waals surface area (Å²) in [6.07, 6.45) is 5.77. The molecular formula is C26H36N4O6. The smallest absolute Gasteiger partial charge is 0.419 e. The van der Waals surface area contributed by atoms with Gasteiger partial charge in [0.05, 0.1) is 18.4 Å². The number of allylic oxidation sites excluding steroid dienone is 1. The molecule has 0 fully saturated rings. The second kappa shape index (κ2) is 11.8. The van der Waals surface area contributed by atoms with E-state index in [4.69, 9.17) is 14.2 Å². The average molecular weight is 501 g/mol. The number of aryl methyl sites for hydroxylation is 1. The number of hydrogen-bond donors (Lipinski definition) is 0. The maximum absolute atomic E-state index is 12.6. The van der Waals surface area contributed by atoms with Crippen LogP contribution in [0.15, 0.2) is 36.9 Å². The van der Waals surface area contributed by atoms with Crippen molar-refractivity contribution >= 4 is 23.7 Å². The van der Waals surface area contributed by atoms with E-state index in [9.17, 15) is 14.4 Å². The van der Waals surface area contributed by atoms with Gasteiger partial charge in [-0.05, 0) is 79.0 Å². The number of carbonyl (C=O) groups excluding carboxylic acids is 3. The van der Waals surface area contributed by atoms with E-state index in [1.165, 1.54) is 7.11 Å². The van der Waals surface area contributed by atoms with Crippen LogP contribution in [0.2, 0.25) is 0 Å². The van der Waals surface area contributed by atoms with Gasteiger partial charge in [0, 0.05) is 18.9 Å². The van der Waals surface area contributed by atoms with Gasteiger partial charge in [0.1, 0.15) is 23.3 Å². The highest BCUT2D eigenvalue weighted by Gasteiger charge is 2.30. The SMILES string of the molecule is COC(=O)C(=CCCCN(C(=O)OC(C)(C)C)C(=O)OC(C)(C)C)c1cn(-c2cc(C)ccn2)cn1. The number of hydrogen-bond acceptors (Lipinski definition) is 8. The predicted octanol–water partition coefficient (Wildman–Crippen LogP) is 5.08. The summed E-state index contributed by atoms with van der Waals surface area (Å²) < 4.78 is 17.4. The minimum Gasteiger partial charge on any atom is -0.465 e. The lowest BCUT2D eigenvalue weighted by Gasteiger charge is -2.28. The Kier molecular flexibility index (Phi) is 9.38. The molecule has 0 saturated heterocycles. The van der Waals surface area contributed by atoms with Gasteiger partial charge in [0.15, 0.2) is 0 Å². The zero-order valence-electron chi connectivity index (χ0n) is 22.3. The number of imide groups is 1. The van der Waals surface area contributed by atoms with E-state index in [2.05, 4.69) is 9.97 Å². The van der Waals surface area contributed by atoms with Crippen LogP contribution in [0.3, 0.4) is 0 Å². The number of unbranched alkanes of at least 4 members (excludes halogenated alkanes) is 1. The number of nitrogens with zero attached hydrogens (tertiary/aromatic N) is 4. The van der Waals surface area contributed by atoms with E-state index in [1.54, 1.807) is 70.9 Å². The summed E-state index contributed by atoms with van der Waals surface area (Å²) in [6, 6.07) is 3.79. The number of rotatable bonds is 7. The first-order valence-electron chi connectivity index (χ1n) is 11.7. The van der Waals surface area contributed by atoms with Gasteiger partial charge >= 0.3 is 18.2 Å². The summed E-state index contributed by atoms with van der Waals surface area (Å²) in [6.45, 7) is 12.3. The van der Waals surface area contributed by atoms with Crippen LogP contribution in [-0.2, 0) is 19.0 Å². The van der Waals surface area contributed by atoms with Crippen LogP contribution in [0.25, 0.3) is 11.4 Å². The van der Waals surface area contributed by atoms with E-state index in [1.807, 2.05) is 19.1 Å². The second-order valence-electron chi connectivity index (χ2n) is 10.2. The van der Waals surface area contributed by atoms with Gasteiger partial charge in [0.2, 0.25) is 0 Å². The van der Waals surface area contributed by atoms with Gasteiger partial charge < -0.3 is 14.2 Å². The van der Waals surface area contributed by atoms with Crippen LogP contribution in [0.4, 0.5) is 9.59 Å².